The summed E-state index contributed by atoms with van der Waals surface area (Å²) in [6.07, 6.45) is 0.0733. The predicted molar refractivity (Wildman–Crippen MR) is 69.8 cm³/mol. The molecule has 1 atom stereocenters. The fourth-order valence-corrected chi connectivity index (χ4v) is 1.75. The molecular formula is C13H13ClN2O3. The van der Waals surface area contributed by atoms with E-state index in [1.165, 1.54) is 13.0 Å². The summed E-state index contributed by atoms with van der Waals surface area (Å²) in [5.41, 5.74) is 0.304. The molecule has 1 aromatic carbocycles. The van der Waals surface area contributed by atoms with E-state index in [1.807, 2.05) is 6.07 Å². The van der Waals surface area contributed by atoms with Gasteiger partial charge >= 0.3 is 5.97 Å². The number of nitrogens with zero attached hydrogens (tertiary/aromatic N) is 2. The van der Waals surface area contributed by atoms with Gasteiger partial charge in [-0.2, -0.15) is 5.26 Å². The smallest absolute Gasteiger partial charge is 0.326 e. The summed E-state index contributed by atoms with van der Waals surface area (Å²) < 4.78 is 0. The largest absolute Gasteiger partial charge is 0.480 e. The van der Waals surface area contributed by atoms with E-state index in [0.717, 1.165) is 4.90 Å². The van der Waals surface area contributed by atoms with Crippen molar-refractivity contribution < 1.29 is 14.7 Å². The Morgan fingerprint density at radius 3 is 2.74 bits per heavy atom. The monoisotopic (exact) mass is 280 g/mol. The lowest BCUT2D eigenvalue weighted by molar-refractivity contribution is -0.141. The first kappa shape index (κ1) is 15.0. The lowest BCUT2D eigenvalue weighted by Crippen LogP contribution is -2.43. The van der Waals surface area contributed by atoms with Gasteiger partial charge in [-0.25, -0.2) is 4.79 Å². The van der Waals surface area contributed by atoms with Gasteiger partial charge in [-0.05, 0) is 25.1 Å². The van der Waals surface area contributed by atoms with Crippen LogP contribution in [0.2, 0.25) is 5.02 Å². The number of carboxylic acid groups (broad SMARTS) is 1. The molecule has 1 N–H and O–H groups in total. The maximum atomic E-state index is 12.2. The zero-order valence-electron chi connectivity index (χ0n) is 10.3. The van der Waals surface area contributed by atoms with E-state index in [-0.39, 0.29) is 13.0 Å². The van der Waals surface area contributed by atoms with Crippen molar-refractivity contribution in [2.45, 2.75) is 19.4 Å². The van der Waals surface area contributed by atoms with Crippen LogP contribution in [-0.2, 0) is 4.79 Å². The molecule has 0 spiro atoms. The predicted octanol–water partition coefficient (Wildman–Crippen LogP) is 2.17. The Labute approximate surface area is 116 Å². The first-order valence-electron chi connectivity index (χ1n) is 5.63. The van der Waals surface area contributed by atoms with Gasteiger partial charge in [-0.1, -0.05) is 17.7 Å². The summed E-state index contributed by atoms with van der Waals surface area (Å²) in [4.78, 5) is 24.4. The first-order chi connectivity index (χ1) is 8.97. The van der Waals surface area contributed by atoms with E-state index >= 15 is 0 Å². The molecule has 0 saturated heterocycles. The second kappa shape index (κ2) is 6.76. The summed E-state index contributed by atoms with van der Waals surface area (Å²) in [7, 11) is 0. The summed E-state index contributed by atoms with van der Waals surface area (Å²) in [6.45, 7) is 1.47. The van der Waals surface area contributed by atoms with Crippen molar-refractivity contribution in [3.63, 3.8) is 0 Å². The number of rotatable bonds is 5. The van der Waals surface area contributed by atoms with Crippen LogP contribution in [0.15, 0.2) is 24.3 Å². The standard InChI is InChI=1S/C13H13ClN2O3/c1-9(13(18)19)16(7-3-6-15)12(17)10-4-2-5-11(14)8-10/h2,4-5,8-9H,3,7H2,1H3,(H,18,19). The Morgan fingerprint density at radius 2 is 2.21 bits per heavy atom. The number of carboxylic acids is 1. The van der Waals surface area contributed by atoms with Crippen LogP contribution >= 0.6 is 11.6 Å². The number of carbonyl (C=O) groups is 2. The molecule has 19 heavy (non-hydrogen) atoms. The summed E-state index contributed by atoms with van der Waals surface area (Å²) in [5, 5.41) is 18.0. The van der Waals surface area contributed by atoms with E-state index in [1.54, 1.807) is 18.2 Å². The molecule has 0 bridgehead atoms. The van der Waals surface area contributed by atoms with Gasteiger partial charge in [-0.3, -0.25) is 4.79 Å². The molecule has 0 radical (unpaired) electrons. The van der Waals surface area contributed by atoms with Gasteiger partial charge in [0.1, 0.15) is 6.04 Å². The fraction of sp³-hybridized carbons (Fsp3) is 0.308. The number of halogens is 1. The van der Waals surface area contributed by atoms with Crippen LogP contribution in [0.5, 0.6) is 0 Å². The van der Waals surface area contributed by atoms with Crippen LogP contribution in [0.4, 0.5) is 0 Å². The molecule has 1 aromatic rings. The number of aliphatic carboxylic acids is 1. The molecule has 0 aliphatic heterocycles. The zero-order chi connectivity index (χ0) is 14.4. The Kier molecular flexibility index (Phi) is 5.34. The third kappa shape index (κ3) is 3.97. The van der Waals surface area contributed by atoms with Crippen LogP contribution in [0, 0.1) is 11.3 Å². The third-order valence-electron chi connectivity index (χ3n) is 2.62. The van der Waals surface area contributed by atoms with Crippen LogP contribution < -0.4 is 0 Å². The second-order valence-electron chi connectivity index (χ2n) is 3.93. The van der Waals surface area contributed by atoms with Crippen molar-refractivity contribution in [1.82, 2.24) is 4.90 Å². The highest BCUT2D eigenvalue weighted by Gasteiger charge is 2.26. The topological polar surface area (TPSA) is 81.4 Å². The molecule has 0 aliphatic carbocycles. The number of carbonyl (C=O) groups excluding carboxylic acids is 1. The number of amides is 1. The molecule has 0 fully saturated rings. The van der Waals surface area contributed by atoms with Crippen LogP contribution in [0.1, 0.15) is 23.7 Å². The van der Waals surface area contributed by atoms with Gasteiger partial charge in [0.15, 0.2) is 0 Å². The molecule has 1 amide bonds. The average molecular weight is 281 g/mol. The minimum atomic E-state index is -1.12. The highest BCUT2D eigenvalue weighted by molar-refractivity contribution is 6.30. The van der Waals surface area contributed by atoms with E-state index in [9.17, 15) is 9.59 Å². The highest BCUT2D eigenvalue weighted by Crippen LogP contribution is 2.14. The molecule has 0 aliphatic rings. The summed E-state index contributed by atoms with van der Waals surface area (Å²) in [6, 6.07) is 7.16. The highest BCUT2D eigenvalue weighted by atomic mass is 35.5. The van der Waals surface area contributed by atoms with Crippen molar-refractivity contribution in [3.05, 3.63) is 34.9 Å². The van der Waals surface area contributed by atoms with Crippen molar-refractivity contribution in [1.29, 1.82) is 5.26 Å². The average Bonchev–Trinajstić information content (AvgIpc) is 2.38. The van der Waals surface area contributed by atoms with E-state index in [2.05, 4.69) is 0 Å². The maximum absolute atomic E-state index is 12.2. The first-order valence-corrected chi connectivity index (χ1v) is 6.01. The molecule has 0 heterocycles. The molecule has 0 aromatic heterocycles. The second-order valence-corrected chi connectivity index (χ2v) is 4.37. The third-order valence-corrected chi connectivity index (χ3v) is 2.86. The normalized spacial score (nSPS) is 11.4. The van der Waals surface area contributed by atoms with Crippen LogP contribution in [0.25, 0.3) is 0 Å². The SMILES string of the molecule is CC(C(=O)O)N(CCC#N)C(=O)c1cccc(Cl)c1. The molecule has 5 nitrogen and oxygen atoms in total. The minimum Gasteiger partial charge on any atom is -0.480 e. The number of benzene rings is 1. The minimum absolute atomic E-state index is 0.0648. The summed E-state index contributed by atoms with van der Waals surface area (Å²) >= 11 is 5.80. The Hall–Kier alpha value is -2.06. The molecule has 100 valence electrons. The van der Waals surface area contributed by atoms with Gasteiger partial charge < -0.3 is 10.0 Å². The Morgan fingerprint density at radius 1 is 1.53 bits per heavy atom. The lowest BCUT2D eigenvalue weighted by atomic mass is 10.1. The van der Waals surface area contributed by atoms with Gasteiger partial charge in [-0.15, -0.1) is 0 Å². The number of nitriles is 1. The molecule has 0 saturated carbocycles. The van der Waals surface area contributed by atoms with E-state index in [4.69, 9.17) is 22.0 Å². The van der Waals surface area contributed by atoms with Crippen LogP contribution in [0.3, 0.4) is 0 Å². The molecule has 1 rings (SSSR count). The summed E-state index contributed by atoms with van der Waals surface area (Å²) in [5.74, 6) is -1.57. The number of hydrogen-bond donors (Lipinski definition) is 1. The van der Waals surface area contributed by atoms with Crippen molar-refractivity contribution in [2.24, 2.45) is 0 Å². The zero-order valence-corrected chi connectivity index (χ0v) is 11.1. The molecular weight excluding hydrogens is 268 g/mol. The molecule has 1 unspecified atom stereocenters. The van der Waals surface area contributed by atoms with Gasteiger partial charge in [0.25, 0.3) is 5.91 Å². The van der Waals surface area contributed by atoms with Crippen molar-refractivity contribution >= 4 is 23.5 Å². The van der Waals surface area contributed by atoms with Crippen LogP contribution in [-0.4, -0.2) is 34.5 Å². The van der Waals surface area contributed by atoms with Gasteiger partial charge in [0.05, 0.1) is 12.5 Å². The van der Waals surface area contributed by atoms with Crippen molar-refractivity contribution in [3.8, 4) is 6.07 Å². The van der Waals surface area contributed by atoms with E-state index < -0.39 is 17.9 Å². The van der Waals surface area contributed by atoms with E-state index in [0.29, 0.717) is 10.6 Å². The Bertz CT molecular complexity index is 525. The lowest BCUT2D eigenvalue weighted by Gasteiger charge is -2.25. The fourth-order valence-electron chi connectivity index (χ4n) is 1.56. The molecule has 6 heteroatoms. The van der Waals surface area contributed by atoms with Gasteiger partial charge in [0.2, 0.25) is 0 Å². The maximum Gasteiger partial charge on any atom is 0.326 e. The van der Waals surface area contributed by atoms with Gasteiger partial charge in [0, 0.05) is 17.1 Å². The van der Waals surface area contributed by atoms with Crippen molar-refractivity contribution in [2.75, 3.05) is 6.54 Å². The Balaban J connectivity index is 3.00. The number of hydrogen-bond acceptors (Lipinski definition) is 3. The quantitative estimate of drug-likeness (QED) is 0.896.